The molecule has 0 saturated heterocycles. The molecule has 0 aliphatic carbocycles. The summed E-state index contributed by atoms with van der Waals surface area (Å²) in [5, 5.41) is 10.9. The second kappa shape index (κ2) is 5.62. The fourth-order valence-corrected chi connectivity index (χ4v) is 1.96. The summed E-state index contributed by atoms with van der Waals surface area (Å²) in [6.45, 7) is 0. The van der Waals surface area contributed by atoms with E-state index in [1.165, 1.54) is 6.07 Å². The van der Waals surface area contributed by atoms with E-state index in [0.29, 0.717) is 4.60 Å². The number of pyridine rings is 1. The van der Waals surface area contributed by atoms with Crippen LogP contribution in [-0.4, -0.2) is 9.91 Å². The van der Waals surface area contributed by atoms with Crippen LogP contribution in [0.5, 0.6) is 11.6 Å². The molecule has 2 aromatic rings. The predicted molar refractivity (Wildman–Crippen MR) is 72.8 cm³/mol. The second-order valence-electron chi connectivity index (χ2n) is 3.39. The van der Waals surface area contributed by atoms with Gasteiger partial charge in [-0.3, -0.25) is 10.1 Å². The lowest BCUT2D eigenvalue weighted by atomic mass is 10.3. The number of halogens is 3. The van der Waals surface area contributed by atoms with E-state index >= 15 is 0 Å². The number of rotatable bonds is 3. The van der Waals surface area contributed by atoms with Crippen molar-refractivity contribution in [2.24, 2.45) is 0 Å². The Labute approximate surface area is 123 Å². The van der Waals surface area contributed by atoms with Gasteiger partial charge in [0.1, 0.15) is 10.4 Å². The smallest absolute Gasteiger partial charge is 0.312 e. The lowest BCUT2D eigenvalue weighted by molar-refractivity contribution is -0.385. The summed E-state index contributed by atoms with van der Waals surface area (Å²) in [7, 11) is 0. The highest BCUT2D eigenvalue weighted by Gasteiger charge is 2.20. The van der Waals surface area contributed by atoms with Crippen LogP contribution >= 0.6 is 31.9 Å². The molecule has 98 valence electrons. The molecule has 0 saturated carbocycles. The van der Waals surface area contributed by atoms with Crippen LogP contribution in [0.3, 0.4) is 0 Å². The van der Waals surface area contributed by atoms with E-state index in [0.717, 1.165) is 12.1 Å². The second-order valence-corrected chi connectivity index (χ2v) is 5.06. The van der Waals surface area contributed by atoms with E-state index < -0.39 is 10.7 Å². The van der Waals surface area contributed by atoms with Crippen molar-refractivity contribution in [2.75, 3.05) is 0 Å². The fourth-order valence-electron chi connectivity index (χ4n) is 1.30. The van der Waals surface area contributed by atoms with Crippen LogP contribution in [0, 0.1) is 15.9 Å². The number of benzene rings is 1. The van der Waals surface area contributed by atoms with Gasteiger partial charge in [0.2, 0.25) is 11.6 Å². The van der Waals surface area contributed by atoms with Crippen LogP contribution in [-0.2, 0) is 0 Å². The molecule has 0 fully saturated rings. The third-order valence-corrected chi connectivity index (χ3v) is 3.15. The summed E-state index contributed by atoms with van der Waals surface area (Å²) in [6, 6.07) is 6.80. The van der Waals surface area contributed by atoms with Crippen molar-refractivity contribution in [3.8, 4) is 11.6 Å². The van der Waals surface area contributed by atoms with Crippen molar-refractivity contribution >= 4 is 37.5 Å². The minimum Gasteiger partial charge on any atom is -0.432 e. The zero-order chi connectivity index (χ0) is 14.0. The first-order valence-corrected chi connectivity index (χ1v) is 6.50. The molecule has 2 rings (SSSR count). The topological polar surface area (TPSA) is 65.3 Å². The van der Waals surface area contributed by atoms with Crippen LogP contribution < -0.4 is 4.74 Å². The van der Waals surface area contributed by atoms with Gasteiger partial charge >= 0.3 is 5.69 Å². The normalized spacial score (nSPS) is 10.3. The highest BCUT2D eigenvalue weighted by molar-refractivity contribution is 9.10. The highest BCUT2D eigenvalue weighted by atomic mass is 79.9. The van der Waals surface area contributed by atoms with Gasteiger partial charge in [0, 0.05) is 18.2 Å². The summed E-state index contributed by atoms with van der Waals surface area (Å²) in [6.07, 6.45) is 0. The molecule has 0 unspecified atom stereocenters. The lowest BCUT2D eigenvalue weighted by Crippen LogP contribution is -1.96. The molecule has 8 heteroatoms. The van der Waals surface area contributed by atoms with Crippen LogP contribution in [0.2, 0.25) is 0 Å². The van der Waals surface area contributed by atoms with E-state index in [1.807, 2.05) is 0 Å². The first kappa shape index (κ1) is 13.9. The van der Waals surface area contributed by atoms with Gasteiger partial charge in [-0.05, 0) is 37.9 Å². The third-order valence-electron chi connectivity index (χ3n) is 2.10. The summed E-state index contributed by atoms with van der Waals surface area (Å²) < 4.78 is 19.2. The quantitative estimate of drug-likeness (QED) is 0.440. The van der Waals surface area contributed by atoms with E-state index in [4.69, 9.17) is 4.74 Å². The standard InChI is InChI=1S/C11H5Br2FN2O3/c12-6-4-8(16(17)18)9(5-7(6)14)19-11-3-1-2-10(13)15-11/h1-5H. The fraction of sp³-hybridized carbons (Fsp3) is 0. The molecular weight excluding hydrogens is 387 g/mol. The molecule has 19 heavy (non-hydrogen) atoms. The largest absolute Gasteiger partial charge is 0.432 e. The third kappa shape index (κ3) is 3.27. The van der Waals surface area contributed by atoms with Gasteiger partial charge in [-0.1, -0.05) is 6.07 Å². The Morgan fingerprint density at radius 3 is 2.68 bits per heavy atom. The number of ether oxygens (including phenoxy) is 1. The summed E-state index contributed by atoms with van der Waals surface area (Å²) in [4.78, 5) is 14.2. The molecule has 0 aliphatic rings. The van der Waals surface area contributed by atoms with Gasteiger partial charge in [-0.2, -0.15) is 0 Å². The SMILES string of the molecule is O=[N+]([O-])c1cc(Br)c(F)cc1Oc1cccc(Br)n1. The van der Waals surface area contributed by atoms with Crippen LogP contribution in [0.15, 0.2) is 39.4 Å². The summed E-state index contributed by atoms with van der Waals surface area (Å²) in [5.74, 6) is -0.744. The van der Waals surface area contributed by atoms with Gasteiger partial charge in [-0.25, -0.2) is 9.37 Å². The van der Waals surface area contributed by atoms with Crippen LogP contribution in [0.1, 0.15) is 0 Å². The van der Waals surface area contributed by atoms with E-state index in [1.54, 1.807) is 12.1 Å². The molecule has 1 aromatic carbocycles. The van der Waals surface area contributed by atoms with E-state index in [2.05, 4.69) is 36.8 Å². The molecular formula is C11H5Br2FN2O3. The van der Waals surface area contributed by atoms with Gasteiger partial charge < -0.3 is 4.74 Å². The molecule has 1 aromatic heterocycles. The minimum atomic E-state index is -0.657. The Kier molecular flexibility index (Phi) is 4.11. The Hall–Kier alpha value is -1.54. The van der Waals surface area contributed by atoms with Crippen LogP contribution in [0.4, 0.5) is 10.1 Å². The Morgan fingerprint density at radius 2 is 2.05 bits per heavy atom. The molecule has 0 bridgehead atoms. The number of aromatic nitrogens is 1. The van der Waals surface area contributed by atoms with Gasteiger partial charge in [0.15, 0.2) is 0 Å². The summed E-state index contributed by atoms with van der Waals surface area (Å²) >= 11 is 6.03. The average Bonchev–Trinajstić information content (AvgIpc) is 2.33. The van der Waals surface area contributed by atoms with Crippen molar-refractivity contribution < 1.29 is 14.1 Å². The number of hydrogen-bond acceptors (Lipinski definition) is 4. The number of nitrogens with zero attached hydrogens (tertiary/aromatic N) is 2. The lowest BCUT2D eigenvalue weighted by Gasteiger charge is -2.06. The Balaban J connectivity index is 2.44. The number of nitro groups is 1. The number of hydrogen-bond donors (Lipinski definition) is 0. The molecule has 0 amide bonds. The minimum absolute atomic E-state index is 0.00579. The number of nitro benzene ring substituents is 1. The van der Waals surface area contributed by atoms with Crippen molar-refractivity contribution in [3.05, 3.63) is 55.3 Å². The predicted octanol–water partition coefficient (Wildman–Crippen LogP) is 4.45. The van der Waals surface area contributed by atoms with Crippen molar-refractivity contribution in [2.45, 2.75) is 0 Å². The maximum Gasteiger partial charge on any atom is 0.312 e. The van der Waals surface area contributed by atoms with Crippen molar-refractivity contribution in [1.29, 1.82) is 0 Å². The van der Waals surface area contributed by atoms with Crippen molar-refractivity contribution in [1.82, 2.24) is 4.98 Å². The first-order valence-electron chi connectivity index (χ1n) is 4.91. The van der Waals surface area contributed by atoms with E-state index in [-0.39, 0.29) is 21.8 Å². The molecule has 0 N–H and O–H groups in total. The monoisotopic (exact) mass is 390 g/mol. The molecule has 0 spiro atoms. The average molecular weight is 392 g/mol. The molecule has 0 aliphatic heterocycles. The molecule has 0 atom stereocenters. The van der Waals surface area contributed by atoms with Gasteiger partial charge in [-0.15, -0.1) is 0 Å². The van der Waals surface area contributed by atoms with Gasteiger partial charge in [0.05, 0.1) is 9.40 Å². The molecule has 1 heterocycles. The molecule has 5 nitrogen and oxygen atoms in total. The Morgan fingerprint density at radius 1 is 1.32 bits per heavy atom. The maximum absolute atomic E-state index is 13.4. The molecule has 0 radical (unpaired) electrons. The zero-order valence-corrected chi connectivity index (χ0v) is 12.3. The Bertz CT molecular complexity index is 652. The maximum atomic E-state index is 13.4. The van der Waals surface area contributed by atoms with Gasteiger partial charge in [0.25, 0.3) is 0 Å². The first-order chi connectivity index (χ1) is 8.97. The zero-order valence-electron chi connectivity index (χ0n) is 9.14. The summed E-state index contributed by atoms with van der Waals surface area (Å²) in [5.41, 5.74) is -0.352. The van der Waals surface area contributed by atoms with E-state index in [9.17, 15) is 14.5 Å². The van der Waals surface area contributed by atoms with Crippen LogP contribution in [0.25, 0.3) is 0 Å². The highest BCUT2D eigenvalue weighted by Crippen LogP contribution is 2.35. The van der Waals surface area contributed by atoms with Crippen molar-refractivity contribution in [3.63, 3.8) is 0 Å².